The van der Waals surface area contributed by atoms with E-state index in [0.717, 1.165) is 6.42 Å². The van der Waals surface area contributed by atoms with Crippen LogP contribution in [0.2, 0.25) is 0 Å². The summed E-state index contributed by atoms with van der Waals surface area (Å²) >= 11 is 0. The molecule has 1 rings (SSSR count). The summed E-state index contributed by atoms with van der Waals surface area (Å²) in [5, 5.41) is 9.50. The highest BCUT2D eigenvalue weighted by Crippen LogP contribution is 2.27. The summed E-state index contributed by atoms with van der Waals surface area (Å²) in [6.45, 7) is 2.10. The zero-order valence-corrected chi connectivity index (χ0v) is 9.58. The molecule has 0 aliphatic heterocycles. The standard InChI is InChI=1S/C12H22O3/c1-2-15-12(14)11(13)9-8-10-6-4-3-5-7-10/h10-11,13H,2-9H2,1H3/t11-/m1/s1. The first-order valence-corrected chi connectivity index (χ1v) is 6.08. The molecule has 1 fully saturated rings. The molecule has 1 aliphatic carbocycles. The van der Waals surface area contributed by atoms with E-state index >= 15 is 0 Å². The van der Waals surface area contributed by atoms with Crippen molar-refractivity contribution in [2.24, 2.45) is 5.92 Å². The molecular formula is C12H22O3. The lowest BCUT2D eigenvalue weighted by Gasteiger charge is -2.22. The Labute approximate surface area is 91.8 Å². The second-order valence-corrected chi connectivity index (χ2v) is 4.35. The number of aliphatic hydroxyl groups is 1. The summed E-state index contributed by atoms with van der Waals surface area (Å²) in [7, 11) is 0. The quantitative estimate of drug-likeness (QED) is 0.714. The average molecular weight is 214 g/mol. The normalized spacial score (nSPS) is 19.9. The van der Waals surface area contributed by atoms with Gasteiger partial charge in [0.05, 0.1) is 6.61 Å². The van der Waals surface area contributed by atoms with Crippen LogP contribution < -0.4 is 0 Å². The van der Waals surface area contributed by atoms with Crippen LogP contribution in [0.5, 0.6) is 0 Å². The zero-order chi connectivity index (χ0) is 11.1. The molecule has 3 nitrogen and oxygen atoms in total. The van der Waals surface area contributed by atoms with Crippen LogP contribution in [-0.4, -0.2) is 23.8 Å². The maximum Gasteiger partial charge on any atom is 0.334 e. The van der Waals surface area contributed by atoms with Gasteiger partial charge in [0, 0.05) is 0 Å². The first kappa shape index (κ1) is 12.5. The van der Waals surface area contributed by atoms with E-state index in [1.165, 1.54) is 32.1 Å². The molecule has 0 amide bonds. The van der Waals surface area contributed by atoms with E-state index in [1.807, 2.05) is 0 Å². The smallest absolute Gasteiger partial charge is 0.334 e. The lowest BCUT2D eigenvalue weighted by Crippen LogP contribution is -2.24. The van der Waals surface area contributed by atoms with Gasteiger partial charge in [-0.1, -0.05) is 32.1 Å². The Balaban J connectivity index is 2.14. The fourth-order valence-electron chi connectivity index (χ4n) is 2.23. The molecule has 0 saturated heterocycles. The summed E-state index contributed by atoms with van der Waals surface area (Å²) in [5.74, 6) is 0.246. The molecule has 0 radical (unpaired) electrons. The fraction of sp³-hybridized carbons (Fsp3) is 0.917. The summed E-state index contributed by atoms with van der Waals surface area (Å²) in [6.07, 6.45) is 7.08. The molecule has 0 bridgehead atoms. The number of rotatable bonds is 5. The van der Waals surface area contributed by atoms with Gasteiger partial charge in [0.15, 0.2) is 6.10 Å². The number of esters is 1. The minimum atomic E-state index is -0.910. The maximum absolute atomic E-state index is 11.1. The predicted molar refractivity (Wildman–Crippen MR) is 58.4 cm³/mol. The Morgan fingerprint density at radius 1 is 1.40 bits per heavy atom. The number of carbonyl (C=O) groups excluding carboxylic acids is 1. The molecule has 0 aromatic rings. The predicted octanol–water partition coefficient (Wildman–Crippen LogP) is 2.27. The van der Waals surface area contributed by atoms with Crippen molar-refractivity contribution in [2.45, 2.75) is 58.0 Å². The van der Waals surface area contributed by atoms with E-state index in [1.54, 1.807) is 6.92 Å². The van der Waals surface area contributed by atoms with Gasteiger partial charge < -0.3 is 9.84 Å². The van der Waals surface area contributed by atoms with Gasteiger partial charge in [0.1, 0.15) is 0 Å². The Hall–Kier alpha value is -0.570. The summed E-state index contributed by atoms with van der Waals surface area (Å²) in [4.78, 5) is 11.1. The van der Waals surface area contributed by atoms with Crippen molar-refractivity contribution in [3.05, 3.63) is 0 Å². The first-order chi connectivity index (χ1) is 7.24. The third-order valence-corrected chi connectivity index (χ3v) is 3.13. The average Bonchev–Trinajstić information content (AvgIpc) is 2.27. The molecule has 0 spiro atoms. The highest BCUT2D eigenvalue weighted by Gasteiger charge is 2.19. The minimum Gasteiger partial charge on any atom is -0.464 e. The molecule has 1 N–H and O–H groups in total. The van der Waals surface area contributed by atoms with Gasteiger partial charge in [-0.15, -0.1) is 0 Å². The number of aliphatic hydroxyl groups excluding tert-OH is 1. The maximum atomic E-state index is 11.1. The van der Waals surface area contributed by atoms with Gasteiger partial charge in [-0.25, -0.2) is 4.79 Å². The highest BCUT2D eigenvalue weighted by atomic mass is 16.5. The third kappa shape index (κ3) is 4.65. The summed E-state index contributed by atoms with van der Waals surface area (Å²) < 4.78 is 4.75. The van der Waals surface area contributed by atoms with Gasteiger partial charge in [-0.2, -0.15) is 0 Å². The molecule has 0 unspecified atom stereocenters. The van der Waals surface area contributed by atoms with Crippen molar-refractivity contribution < 1.29 is 14.6 Å². The highest BCUT2D eigenvalue weighted by molar-refractivity contribution is 5.74. The number of ether oxygens (including phenoxy) is 1. The van der Waals surface area contributed by atoms with Crippen molar-refractivity contribution >= 4 is 5.97 Å². The van der Waals surface area contributed by atoms with Crippen molar-refractivity contribution in [2.75, 3.05) is 6.61 Å². The van der Waals surface area contributed by atoms with Gasteiger partial charge in [-0.05, 0) is 25.7 Å². The lowest BCUT2D eigenvalue weighted by atomic mass is 9.85. The van der Waals surface area contributed by atoms with Gasteiger partial charge in [-0.3, -0.25) is 0 Å². The van der Waals surface area contributed by atoms with Crippen LogP contribution in [0.1, 0.15) is 51.9 Å². The molecule has 1 atom stereocenters. The molecule has 0 aromatic carbocycles. The second-order valence-electron chi connectivity index (χ2n) is 4.35. The van der Waals surface area contributed by atoms with Crippen LogP contribution in [0, 0.1) is 5.92 Å². The van der Waals surface area contributed by atoms with Crippen LogP contribution in [0.15, 0.2) is 0 Å². The van der Waals surface area contributed by atoms with E-state index in [0.29, 0.717) is 18.9 Å². The molecule has 3 heteroatoms. The molecule has 15 heavy (non-hydrogen) atoms. The number of hydrogen-bond acceptors (Lipinski definition) is 3. The molecule has 1 saturated carbocycles. The fourth-order valence-corrected chi connectivity index (χ4v) is 2.23. The van der Waals surface area contributed by atoms with Crippen LogP contribution in [0.4, 0.5) is 0 Å². The van der Waals surface area contributed by atoms with Crippen molar-refractivity contribution in [1.29, 1.82) is 0 Å². The van der Waals surface area contributed by atoms with Gasteiger partial charge >= 0.3 is 5.97 Å². The van der Waals surface area contributed by atoms with Gasteiger partial charge in [0.25, 0.3) is 0 Å². The number of hydrogen-bond donors (Lipinski definition) is 1. The molecule has 88 valence electrons. The third-order valence-electron chi connectivity index (χ3n) is 3.13. The Bertz CT molecular complexity index is 185. The van der Waals surface area contributed by atoms with Crippen molar-refractivity contribution in [3.8, 4) is 0 Å². The summed E-state index contributed by atoms with van der Waals surface area (Å²) in [6, 6.07) is 0. The van der Waals surface area contributed by atoms with Crippen LogP contribution in [-0.2, 0) is 9.53 Å². The van der Waals surface area contributed by atoms with Crippen molar-refractivity contribution in [1.82, 2.24) is 0 Å². The van der Waals surface area contributed by atoms with E-state index in [-0.39, 0.29) is 0 Å². The second kappa shape index (κ2) is 6.83. The Kier molecular flexibility index (Phi) is 5.69. The summed E-state index contributed by atoms with van der Waals surface area (Å²) in [5.41, 5.74) is 0. The van der Waals surface area contributed by atoms with E-state index < -0.39 is 12.1 Å². The van der Waals surface area contributed by atoms with E-state index in [9.17, 15) is 9.90 Å². The largest absolute Gasteiger partial charge is 0.464 e. The molecular weight excluding hydrogens is 192 g/mol. The van der Waals surface area contributed by atoms with Crippen molar-refractivity contribution in [3.63, 3.8) is 0 Å². The topological polar surface area (TPSA) is 46.5 Å². The van der Waals surface area contributed by atoms with E-state index in [2.05, 4.69) is 0 Å². The lowest BCUT2D eigenvalue weighted by molar-refractivity contribution is -0.153. The molecule has 1 aliphatic rings. The number of carbonyl (C=O) groups is 1. The minimum absolute atomic E-state index is 0.347. The monoisotopic (exact) mass is 214 g/mol. The van der Waals surface area contributed by atoms with Crippen LogP contribution in [0.3, 0.4) is 0 Å². The molecule has 0 heterocycles. The zero-order valence-electron chi connectivity index (χ0n) is 9.58. The van der Waals surface area contributed by atoms with E-state index in [4.69, 9.17) is 4.74 Å². The van der Waals surface area contributed by atoms with Crippen LogP contribution in [0.25, 0.3) is 0 Å². The Morgan fingerprint density at radius 3 is 2.67 bits per heavy atom. The first-order valence-electron chi connectivity index (χ1n) is 6.08. The molecule has 0 aromatic heterocycles. The van der Waals surface area contributed by atoms with Crippen LogP contribution >= 0.6 is 0 Å². The Morgan fingerprint density at radius 2 is 2.07 bits per heavy atom. The van der Waals surface area contributed by atoms with Gasteiger partial charge in [0.2, 0.25) is 0 Å². The SMILES string of the molecule is CCOC(=O)[C@H](O)CCC1CCCCC1.